The molecule has 1 rings (SSSR count). The number of rotatable bonds is 8. The molecule has 0 bridgehead atoms. The molecule has 3 heteroatoms. The minimum absolute atomic E-state index is 0.00354. The number of hydrogen-bond donors (Lipinski definition) is 1. The van der Waals surface area contributed by atoms with Gasteiger partial charge in [0.2, 0.25) is 0 Å². The first-order valence-corrected chi connectivity index (χ1v) is 7.86. The summed E-state index contributed by atoms with van der Waals surface area (Å²) in [6, 6.07) is 4.22. The molecule has 1 heterocycles. The average molecular weight is 277 g/mol. The zero-order valence-electron chi connectivity index (χ0n) is 13.8. The second-order valence-corrected chi connectivity index (χ2v) is 6.58. The summed E-state index contributed by atoms with van der Waals surface area (Å²) in [5.74, 6) is 1.46. The molecular formula is C17H31N3. The summed E-state index contributed by atoms with van der Waals surface area (Å²) >= 11 is 0. The van der Waals surface area contributed by atoms with E-state index in [9.17, 15) is 0 Å². The van der Waals surface area contributed by atoms with Gasteiger partial charge in [0.25, 0.3) is 0 Å². The fourth-order valence-corrected chi connectivity index (χ4v) is 2.05. The maximum absolute atomic E-state index is 5.86. The van der Waals surface area contributed by atoms with Crippen LogP contribution in [0.25, 0.3) is 0 Å². The number of pyridine rings is 1. The van der Waals surface area contributed by atoms with Crippen LogP contribution in [0.4, 0.5) is 5.69 Å². The molecule has 0 saturated heterocycles. The first kappa shape index (κ1) is 17.0. The molecule has 20 heavy (non-hydrogen) atoms. The first-order valence-electron chi connectivity index (χ1n) is 7.86. The lowest BCUT2D eigenvalue weighted by Gasteiger charge is -2.26. The van der Waals surface area contributed by atoms with E-state index < -0.39 is 0 Å². The molecule has 1 aromatic heterocycles. The zero-order valence-corrected chi connectivity index (χ0v) is 13.8. The minimum Gasteiger partial charge on any atom is -0.370 e. The van der Waals surface area contributed by atoms with Gasteiger partial charge in [-0.15, -0.1) is 0 Å². The summed E-state index contributed by atoms with van der Waals surface area (Å²) in [7, 11) is 0. The average Bonchev–Trinajstić information content (AvgIpc) is 2.38. The Balaban J connectivity index is 2.74. The quantitative estimate of drug-likeness (QED) is 0.781. The van der Waals surface area contributed by atoms with Crippen molar-refractivity contribution in [2.24, 2.45) is 17.6 Å². The third kappa shape index (κ3) is 5.91. The van der Waals surface area contributed by atoms with E-state index in [0.717, 1.165) is 30.6 Å². The van der Waals surface area contributed by atoms with Crippen LogP contribution in [0.5, 0.6) is 0 Å². The van der Waals surface area contributed by atoms with Crippen LogP contribution in [0, 0.1) is 11.8 Å². The molecule has 3 nitrogen and oxygen atoms in total. The molecule has 1 atom stereocenters. The Bertz CT molecular complexity index is 356. The molecule has 0 amide bonds. The zero-order chi connectivity index (χ0) is 15.1. The Kier molecular flexibility index (Phi) is 7.00. The van der Waals surface area contributed by atoms with Crippen molar-refractivity contribution in [3.63, 3.8) is 0 Å². The lowest BCUT2D eigenvalue weighted by atomic mass is 10.1. The van der Waals surface area contributed by atoms with E-state index in [1.165, 1.54) is 18.5 Å². The van der Waals surface area contributed by atoms with Crippen molar-refractivity contribution in [3.05, 3.63) is 24.0 Å². The normalized spacial score (nSPS) is 13.0. The van der Waals surface area contributed by atoms with Gasteiger partial charge in [-0.25, -0.2) is 0 Å². The summed E-state index contributed by atoms with van der Waals surface area (Å²) in [5.41, 5.74) is 8.04. The van der Waals surface area contributed by atoms with Crippen LogP contribution >= 0.6 is 0 Å². The highest BCUT2D eigenvalue weighted by atomic mass is 15.1. The molecule has 1 aromatic rings. The van der Waals surface area contributed by atoms with Crippen molar-refractivity contribution in [2.45, 2.75) is 53.5 Å². The van der Waals surface area contributed by atoms with Crippen LogP contribution in [0.3, 0.4) is 0 Å². The number of hydrogen-bond acceptors (Lipinski definition) is 3. The second kappa shape index (κ2) is 8.25. The molecule has 0 radical (unpaired) electrons. The van der Waals surface area contributed by atoms with Gasteiger partial charge in [0.1, 0.15) is 0 Å². The fraction of sp³-hybridized carbons (Fsp3) is 0.706. The van der Waals surface area contributed by atoms with E-state index in [0.29, 0.717) is 0 Å². The van der Waals surface area contributed by atoms with Gasteiger partial charge in [-0.2, -0.15) is 0 Å². The van der Waals surface area contributed by atoms with E-state index >= 15 is 0 Å². The van der Waals surface area contributed by atoms with Gasteiger partial charge in [-0.05, 0) is 43.7 Å². The van der Waals surface area contributed by atoms with Gasteiger partial charge in [0.15, 0.2) is 0 Å². The predicted molar refractivity (Wildman–Crippen MR) is 88.0 cm³/mol. The maximum Gasteiger partial charge on any atom is 0.0569 e. The Labute approximate surface area is 124 Å². The summed E-state index contributed by atoms with van der Waals surface area (Å²) in [6.07, 6.45) is 4.40. The predicted octanol–water partition coefficient (Wildman–Crippen LogP) is 4.00. The third-order valence-corrected chi connectivity index (χ3v) is 3.56. The standard InChI is InChI=1S/C17H31N3/c1-13(2)8-10-20(11-9-14(3)4)16-6-7-17(15(5)18)19-12-16/h6-7,12-15H,8-11,18H2,1-5H3/t15-/m0/s1. The van der Waals surface area contributed by atoms with Crippen LogP contribution in [0.15, 0.2) is 18.3 Å². The molecule has 0 fully saturated rings. The van der Waals surface area contributed by atoms with Gasteiger partial charge in [0, 0.05) is 19.1 Å². The van der Waals surface area contributed by atoms with Crippen molar-refractivity contribution in [2.75, 3.05) is 18.0 Å². The number of anilines is 1. The highest BCUT2D eigenvalue weighted by molar-refractivity contribution is 5.44. The van der Waals surface area contributed by atoms with Crippen molar-refractivity contribution in [1.82, 2.24) is 4.98 Å². The highest BCUT2D eigenvalue weighted by Crippen LogP contribution is 2.18. The highest BCUT2D eigenvalue weighted by Gasteiger charge is 2.10. The molecule has 0 aliphatic heterocycles. The second-order valence-electron chi connectivity index (χ2n) is 6.58. The Morgan fingerprint density at radius 3 is 1.90 bits per heavy atom. The smallest absolute Gasteiger partial charge is 0.0569 e. The summed E-state index contributed by atoms with van der Waals surface area (Å²) in [4.78, 5) is 6.94. The van der Waals surface area contributed by atoms with Gasteiger partial charge in [-0.1, -0.05) is 27.7 Å². The van der Waals surface area contributed by atoms with Crippen LogP contribution in [-0.2, 0) is 0 Å². The molecule has 0 aliphatic rings. The van der Waals surface area contributed by atoms with Crippen LogP contribution < -0.4 is 10.6 Å². The monoisotopic (exact) mass is 277 g/mol. The van der Waals surface area contributed by atoms with Crippen LogP contribution in [0.1, 0.15) is 59.2 Å². The van der Waals surface area contributed by atoms with E-state index in [1.54, 1.807) is 0 Å². The largest absolute Gasteiger partial charge is 0.370 e. The summed E-state index contributed by atoms with van der Waals surface area (Å²) in [6.45, 7) is 13.3. The summed E-state index contributed by atoms with van der Waals surface area (Å²) in [5, 5.41) is 0. The van der Waals surface area contributed by atoms with Gasteiger partial charge < -0.3 is 10.6 Å². The van der Waals surface area contributed by atoms with Gasteiger partial charge >= 0.3 is 0 Å². The van der Waals surface area contributed by atoms with Crippen molar-refractivity contribution < 1.29 is 0 Å². The molecule has 0 unspecified atom stereocenters. The minimum atomic E-state index is 0.00354. The number of nitrogens with zero attached hydrogens (tertiary/aromatic N) is 2. The lowest BCUT2D eigenvalue weighted by Crippen LogP contribution is -2.27. The molecule has 2 N–H and O–H groups in total. The van der Waals surface area contributed by atoms with E-state index in [-0.39, 0.29) is 6.04 Å². The first-order chi connectivity index (χ1) is 9.40. The molecule has 0 aromatic carbocycles. The Morgan fingerprint density at radius 2 is 1.55 bits per heavy atom. The van der Waals surface area contributed by atoms with E-state index in [2.05, 4.69) is 49.7 Å². The van der Waals surface area contributed by atoms with Crippen LogP contribution in [-0.4, -0.2) is 18.1 Å². The number of nitrogens with two attached hydrogens (primary N) is 1. The van der Waals surface area contributed by atoms with Crippen molar-refractivity contribution >= 4 is 5.69 Å². The Morgan fingerprint density at radius 1 is 1.00 bits per heavy atom. The van der Waals surface area contributed by atoms with Crippen molar-refractivity contribution in [1.29, 1.82) is 0 Å². The topological polar surface area (TPSA) is 42.1 Å². The lowest BCUT2D eigenvalue weighted by molar-refractivity contribution is 0.535. The van der Waals surface area contributed by atoms with Gasteiger partial charge in [-0.3, -0.25) is 4.98 Å². The third-order valence-electron chi connectivity index (χ3n) is 3.56. The van der Waals surface area contributed by atoms with E-state index in [4.69, 9.17) is 5.73 Å². The fourth-order valence-electron chi connectivity index (χ4n) is 2.05. The SMILES string of the molecule is CC(C)CCN(CCC(C)C)c1ccc([C@H](C)N)nc1. The Hall–Kier alpha value is -1.09. The molecule has 0 spiro atoms. The molecular weight excluding hydrogens is 246 g/mol. The van der Waals surface area contributed by atoms with Gasteiger partial charge in [0.05, 0.1) is 17.6 Å². The molecule has 0 saturated carbocycles. The summed E-state index contributed by atoms with van der Waals surface area (Å²) < 4.78 is 0. The molecule has 0 aliphatic carbocycles. The maximum atomic E-state index is 5.86. The van der Waals surface area contributed by atoms with E-state index in [1.807, 2.05) is 13.1 Å². The van der Waals surface area contributed by atoms with Crippen LogP contribution in [0.2, 0.25) is 0 Å². The number of aromatic nitrogens is 1. The van der Waals surface area contributed by atoms with Crippen molar-refractivity contribution in [3.8, 4) is 0 Å². The molecule has 114 valence electrons.